The molecule has 0 aliphatic carbocycles. The van der Waals surface area contributed by atoms with Gasteiger partial charge in [-0.2, -0.15) is 0 Å². The molecule has 1 heterocycles. The van der Waals surface area contributed by atoms with Crippen molar-refractivity contribution in [3.63, 3.8) is 0 Å². The molecular weight excluding hydrogens is 416 g/mol. The minimum absolute atomic E-state index is 0.0708. The van der Waals surface area contributed by atoms with Gasteiger partial charge in [-0.1, -0.05) is 36.4 Å². The number of carbonyl (C=O) groups excluding carboxylic acids is 1. The summed E-state index contributed by atoms with van der Waals surface area (Å²) >= 11 is 0. The van der Waals surface area contributed by atoms with E-state index < -0.39 is 35.1 Å². The lowest BCUT2D eigenvalue weighted by Gasteiger charge is -2.18. The second kappa shape index (κ2) is 8.31. The summed E-state index contributed by atoms with van der Waals surface area (Å²) in [4.78, 5) is 24.8. The Bertz CT molecular complexity index is 1190. The number of hydrogen-bond acceptors (Lipinski definition) is 4. The van der Waals surface area contributed by atoms with E-state index in [1.165, 1.54) is 12.1 Å². The number of benzene rings is 3. The second-order valence-corrected chi connectivity index (χ2v) is 8.52. The zero-order valence-corrected chi connectivity index (χ0v) is 17.7. The minimum atomic E-state index is -1.15. The SMILES string of the molecule is CC(C)(C(=O)O)C1NC1C(=O)c1cc(F)c2ccccc2c1OCCc1ccc(F)cc1. The molecule has 2 unspecified atom stereocenters. The number of rotatable bonds is 8. The highest BCUT2D eigenvalue weighted by molar-refractivity contribution is 6.09. The Morgan fingerprint density at radius 3 is 2.38 bits per heavy atom. The number of carboxylic acid groups (broad SMARTS) is 1. The Kier molecular flexibility index (Phi) is 5.69. The van der Waals surface area contributed by atoms with Crippen LogP contribution in [-0.4, -0.2) is 35.5 Å². The number of halogens is 2. The van der Waals surface area contributed by atoms with E-state index in [-0.39, 0.29) is 23.7 Å². The van der Waals surface area contributed by atoms with Crippen LogP contribution in [0.25, 0.3) is 10.8 Å². The van der Waals surface area contributed by atoms with Crippen molar-refractivity contribution in [2.45, 2.75) is 32.4 Å². The Morgan fingerprint density at radius 2 is 1.72 bits per heavy atom. The number of Topliss-reactive ketones (excluding diaryl/α,β-unsaturated/α-hetero) is 1. The molecule has 0 bridgehead atoms. The molecule has 1 saturated heterocycles. The van der Waals surface area contributed by atoms with Crippen LogP contribution >= 0.6 is 0 Å². The van der Waals surface area contributed by atoms with Crippen molar-refractivity contribution < 1.29 is 28.2 Å². The van der Waals surface area contributed by atoms with Gasteiger partial charge in [-0.3, -0.25) is 14.9 Å². The fourth-order valence-corrected chi connectivity index (χ4v) is 3.86. The molecule has 0 radical (unpaired) electrons. The third kappa shape index (κ3) is 4.08. The topological polar surface area (TPSA) is 85.5 Å². The normalized spacial score (nSPS) is 17.9. The van der Waals surface area contributed by atoms with E-state index in [4.69, 9.17) is 4.74 Å². The molecule has 3 aromatic carbocycles. The lowest BCUT2D eigenvalue weighted by molar-refractivity contribution is -0.146. The maximum atomic E-state index is 14.8. The van der Waals surface area contributed by atoms with E-state index in [1.807, 2.05) is 0 Å². The van der Waals surface area contributed by atoms with Crippen molar-refractivity contribution in [1.82, 2.24) is 5.32 Å². The first-order valence-corrected chi connectivity index (χ1v) is 10.3. The highest BCUT2D eigenvalue weighted by atomic mass is 19.1. The van der Waals surface area contributed by atoms with Gasteiger partial charge in [0.2, 0.25) is 0 Å². The highest BCUT2D eigenvalue weighted by Crippen LogP contribution is 2.38. The number of hydrogen-bond donors (Lipinski definition) is 2. The molecule has 1 fully saturated rings. The molecular formula is C25H23F2NO4. The van der Waals surface area contributed by atoms with Gasteiger partial charge in [-0.25, -0.2) is 8.78 Å². The zero-order valence-electron chi connectivity index (χ0n) is 17.7. The van der Waals surface area contributed by atoms with Crippen LogP contribution in [0.4, 0.5) is 8.78 Å². The fraction of sp³-hybridized carbons (Fsp3) is 0.280. The van der Waals surface area contributed by atoms with E-state index >= 15 is 0 Å². The molecule has 0 spiro atoms. The van der Waals surface area contributed by atoms with Crippen LogP contribution in [0.1, 0.15) is 29.8 Å². The number of carbonyl (C=O) groups is 2. The molecule has 32 heavy (non-hydrogen) atoms. The summed E-state index contributed by atoms with van der Waals surface area (Å²) in [5.74, 6) is -2.06. The summed E-state index contributed by atoms with van der Waals surface area (Å²) in [6.07, 6.45) is 0.468. The van der Waals surface area contributed by atoms with Crippen LogP contribution < -0.4 is 10.1 Å². The summed E-state index contributed by atoms with van der Waals surface area (Å²) in [6, 6.07) is 12.6. The summed E-state index contributed by atoms with van der Waals surface area (Å²) < 4.78 is 33.9. The third-order valence-electron chi connectivity index (χ3n) is 5.96. The lowest BCUT2D eigenvalue weighted by Crippen LogP contribution is -2.33. The standard InChI is InChI=1S/C25H23F2NO4/c1-25(2,24(30)31)23-20(28-23)21(29)18-13-19(27)16-5-3-4-6-17(16)22(18)32-12-11-14-7-9-15(26)10-8-14/h3-10,13,20,23,28H,11-12H2,1-2H3,(H,30,31). The van der Waals surface area contributed by atoms with Gasteiger partial charge in [0.15, 0.2) is 5.78 Å². The number of fused-ring (bicyclic) bond motifs is 1. The monoisotopic (exact) mass is 439 g/mol. The molecule has 0 aromatic heterocycles. The van der Waals surface area contributed by atoms with Gasteiger partial charge < -0.3 is 9.84 Å². The summed E-state index contributed by atoms with van der Waals surface area (Å²) in [6.45, 7) is 3.28. The van der Waals surface area contributed by atoms with Crippen molar-refractivity contribution in [2.75, 3.05) is 6.61 Å². The van der Waals surface area contributed by atoms with E-state index in [0.717, 1.165) is 11.6 Å². The number of nitrogens with one attached hydrogen (secondary N) is 1. The average molecular weight is 439 g/mol. The van der Waals surface area contributed by atoms with Gasteiger partial charge in [-0.05, 0) is 37.6 Å². The Labute approximate surface area is 184 Å². The summed E-state index contributed by atoms with van der Waals surface area (Å²) in [5, 5.41) is 13.2. The number of ketones is 1. The molecule has 0 saturated carbocycles. The van der Waals surface area contributed by atoms with Crippen LogP contribution in [0.2, 0.25) is 0 Å². The van der Waals surface area contributed by atoms with Crippen LogP contribution in [-0.2, 0) is 11.2 Å². The van der Waals surface area contributed by atoms with Gasteiger partial charge in [0, 0.05) is 23.2 Å². The van der Waals surface area contributed by atoms with Gasteiger partial charge >= 0.3 is 5.97 Å². The molecule has 166 valence electrons. The van der Waals surface area contributed by atoms with Crippen LogP contribution in [0.5, 0.6) is 5.75 Å². The fourth-order valence-electron chi connectivity index (χ4n) is 3.86. The Hall–Kier alpha value is -3.32. The van der Waals surface area contributed by atoms with Crippen LogP contribution in [0, 0.1) is 17.0 Å². The predicted octanol–water partition coefficient (Wildman–Crippen LogP) is 4.37. The first-order valence-electron chi connectivity index (χ1n) is 10.3. The van der Waals surface area contributed by atoms with Crippen molar-refractivity contribution in [2.24, 2.45) is 5.41 Å². The van der Waals surface area contributed by atoms with Crippen LogP contribution in [0.15, 0.2) is 54.6 Å². The lowest BCUT2D eigenvalue weighted by atomic mass is 9.85. The Balaban J connectivity index is 1.64. The van der Waals surface area contributed by atoms with Crippen LogP contribution in [0.3, 0.4) is 0 Å². The molecule has 1 aliphatic rings. The van der Waals surface area contributed by atoms with E-state index in [9.17, 15) is 23.5 Å². The van der Waals surface area contributed by atoms with Gasteiger partial charge in [0.25, 0.3) is 0 Å². The van der Waals surface area contributed by atoms with Gasteiger partial charge in [0.05, 0.1) is 23.6 Å². The maximum Gasteiger partial charge on any atom is 0.310 e. The molecule has 0 amide bonds. The predicted molar refractivity (Wildman–Crippen MR) is 116 cm³/mol. The average Bonchev–Trinajstić information content (AvgIpc) is 3.58. The first-order chi connectivity index (χ1) is 15.2. The molecule has 2 N–H and O–H groups in total. The largest absolute Gasteiger partial charge is 0.492 e. The van der Waals surface area contributed by atoms with E-state index in [1.54, 1.807) is 50.2 Å². The van der Waals surface area contributed by atoms with Crippen molar-refractivity contribution in [1.29, 1.82) is 0 Å². The van der Waals surface area contributed by atoms with Gasteiger partial charge in [-0.15, -0.1) is 0 Å². The van der Waals surface area contributed by atoms with Crippen molar-refractivity contribution >= 4 is 22.5 Å². The van der Waals surface area contributed by atoms with E-state index in [0.29, 0.717) is 17.2 Å². The zero-order chi connectivity index (χ0) is 23.0. The smallest absolute Gasteiger partial charge is 0.310 e. The van der Waals surface area contributed by atoms with Gasteiger partial charge in [0.1, 0.15) is 17.4 Å². The maximum absolute atomic E-state index is 14.8. The molecule has 5 nitrogen and oxygen atoms in total. The summed E-state index contributed by atoms with van der Waals surface area (Å²) in [5.41, 5.74) is -0.224. The first kappa shape index (κ1) is 21.9. The van der Waals surface area contributed by atoms with Crippen molar-refractivity contribution in [3.05, 3.63) is 77.4 Å². The quantitative estimate of drug-likeness (QED) is 0.402. The minimum Gasteiger partial charge on any atom is -0.492 e. The number of ether oxygens (including phenoxy) is 1. The number of aliphatic carboxylic acids is 1. The third-order valence-corrected chi connectivity index (χ3v) is 5.96. The summed E-state index contributed by atoms with van der Waals surface area (Å²) in [7, 11) is 0. The van der Waals surface area contributed by atoms with E-state index in [2.05, 4.69) is 5.32 Å². The molecule has 1 aliphatic heterocycles. The second-order valence-electron chi connectivity index (χ2n) is 8.52. The highest BCUT2D eigenvalue weighted by Gasteiger charge is 2.55. The Morgan fingerprint density at radius 1 is 1.06 bits per heavy atom. The molecule has 7 heteroatoms. The van der Waals surface area contributed by atoms with Crippen molar-refractivity contribution in [3.8, 4) is 5.75 Å². The molecule has 2 atom stereocenters. The number of carboxylic acids is 1. The molecule has 4 rings (SSSR count). The molecule has 3 aromatic rings.